The van der Waals surface area contributed by atoms with E-state index < -0.39 is 17.5 Å². The van der Waals surface area contributed by atoms with Crippen molar-refractivity contribution in [2.75, 3.05) is 20.6 Å². The van der Waals surface area contributed by atoms with E-state index in [1.807, 2.05) is 26.2 Å². The number of aromatic hydroxyl groups is 1. The van der Waals surface area contributed by atoms with E-state index in [4.69, 9.17) is 10.2 Å². The number of hydrogen-bond acceptors (Lipinski definition) is 5. The second kappa shape index (κ2) is 12.1. The molecule has 1 aliphatic carbocycles. The Morgan fingerprint density at radius 2 is 1.50 bits per heavy atom. The number of phenols is 1. The van der Waals surface area contributed by atoms with E-state index in [-0.39, 0.29) is 17.1 Å². The van der Waals surface area contributed by atoms with Crippen molar-refractivity contribution in [2.45, 2.75) is 43.6 Å². The molecule has 158 valence electrons. The van der Waals surface area contributed by atoms with Gasteiger partial charge in [-0.05, 0) is 44.6 Å². The van der Waals surface area contributed by atoms with Gasteiger partial charge in [0.05, 0.1) is 5.60 Å². The van der Waals surface area contributed by atoms with E-state index >= 15 is 0 Å². The Morgan fingerprint density at radius 3 is 1.89 bits per heavy atom. The van der Waals surface area contributed by atoms with Crippen molar-refractivity contribution in [2.24, 2.45) is 0 Å². The first-order chi connectivity index (χ1) is 12.6. The first-order valence-electron chi connectivity index (χ1n) is 8.94. The molecule has 1 unspecified atom stereocenters. The third-order valence-electron chi connectivity index (χ3n) is 4.58. The third-order valence-corrected chi connectivity index (χ3v) is 4.58. The number of hydrogen-bond donors (Lipinski definition) is 4. The van der Waals surface area contributed by atoms with Gasteiger partial charge in [-0.1, -0.05) is 31.4 Å². The lowest BCUT2D eigenvalue weighted by molar-refractivity contribution is -0.134. The summed E-state index contributed by atoms with van der Waals surface area (Å²) in [6, 6.07) is 7.31. The Balaban J connectivity index is 0.000000694. The summed E-state index contributed by atoms with van der Waals surface area (Å²) in [4.78, 5) is 21.2. The predicted molar refractivity (Wildman–Crippen MR) is 105 cm³/mol. The highest BCUT2D eigenvalue weighted by Crippen LogP contribution is 2.40. The van der Waals surface area contributed by atoms with Crippen LogP contribution < -0.4 is 0 Å². The predicted octanol–water partition coefficient (Wildman–Crippen LogP) is 1.62. The van der Waals surface area contributed by atoms with Crippen LogP contribution >= 0.6 is 0 Å². The number of aliphatic carboxylic acids is 2. The van der Waals surface area contributed by atoms with Crippen LogP contribution in [0.5, 0.6) is 5.75 Å². The minimum absolute atomic E-state index is 0. The summed E-state index contributed by atoms with van der Waals surface area (Å²) < 4.78 is 0. The minimum atomic E-state index is -1.26. The fourth-order valence-electron chi connectivity index (χ4n) is 3.31. The highest BCUT2D eigenvalue weighted by atomic mass is 16.4. The number of benzene rings is 1. The molecular weight excluding hydrogens is 366 g/mol. The van der Waals surface area contributed by atoms with Gasteiger partial charge in [0.1, 0.15) is 5.75 Å². The highest BCUT2D eigenvalue weighted by Gasteiger charge is 2.38. The monoisotopic (exact) mass is 397 g/mol. The normalized spacial score (nSPS) is 16.6. The third kappa shape index (κ3) is 8.98. The van der Waals surface area contributed by atoms with Crippen molar-refractivity contribution >= 4 is 11.9 Å². The molecule has 0 aromatic heterocycles. The van der Waals surface area contributed by atoms with Gasteiger partial charge in [-0.3, -0.25) is 0 Å². The van der Waals surface area contributed by atoms with Gasteiger partial charge >= 0.3 is 11.9 Å². The van der Waals surface area contributed by atoms with Crippen LogP contribution in [0.15, 0.2) is 36.4 Å². The SMILES string of the molecule is CN(C)CC(c1ccc(O)cc1)C1(O)CCCCC1.O.O=C(O)C=CC(=O)O. The quantitative estimate of drug-likeness (QED) is 0.533. The number of phenolic OH excluding ortho intramolecular Hbond substituents is 1. The molecule has 1 saturated carbocycles. The van der Waals surface area contributed by atoms with Crippen LogP contribution in [0, 0.1) is 0 Å². The number of carboxylic acid groups (broad SMARTS) is 2. The number of carbonyl (C=O) groups is 2. The summed E-state index contributed by atoms with van der Waals surface area (Å²) in [5, 5.41) is 36.1. The fourth-order valence-corrected chi connectivity index (χ4v) is 3.31. The van der Waals surface area contributed by atoms with E-state index in [0.29, 0.717) is 12.2 Å². The molecule has 0 amide bonds. The van der Waals surface area contributed by atoms with Crippen molar-refractivity contribution in [1.82, 2.24) is 4.90 Å². The number of rotatable bonds is 6. The molecule has 1 aromatic rings. The highest BCUT2D eigenvalue weighted by molar-refractivity contribution is 5.89. The van der Waals surface area contributed by atoms with Crippen molar-refractivity contribution in [3.05, 3.63) is 42.0 Å². The summed E-state index contributed by atoms with van der Waals surface area (Å²) in [5.74, 6) is -2.12. The zero-order valence-corrected chi connectivity index (χ0v) is 16.3. The van der Waals surface area contributed by atoms with E-state index in [1.165, 1.54) is 6.42 Å². The second-order valence-corrected chi connectivity index (χ2v) is 7.08. The molecule has 28 heavy (non-hydrogen) atoms. The molecule has 0 heterocycles. The first-order valence-corrected chi connectivity index (χ1v) is 8.94. The molecule has 2 rings (SSSR count). The van der Waals surface area contributed by atoms with Gasteiger partial charge in [0, 0.05) is 24.6 Å². The van der Waals surface area contributed by atoms with Crippen molar-refractivity contribution in [1.29, 1.82) is 0 Å². The molecule has 0 aliphatic heterocycles. The average molecular weight is 397 g/mol. The van der Waals surface area contributed by atoms with Crippen LogP contribution in [0.4, 0.5) is 0 Å². The molecule has 1 atom stereocenters. The van der Waals surface area contributed by atoms with Crippen LogP contribution in [0.3, 0.4) is 0 Å². The maximum Gasteiger partial charge on any atom is 0.328 e. The molecule has 0 spiro atoms. The molecule has 1 fully saturated rings. The summed E-state index contributed by atoms with van der Waals surface area (Å²) in [7, 11) is 4.08. The average Bonchev–Trinajstić information content (AvgIpc) is 2.60. The van der Waals surface area contributed by atoms with Gasteiger partial charge in [-0.2, -0.15) is 0 Å². The molecule has 6 N–H and O–H groups in total. The van der Waals surface area contributed by atoms with E-state index in [0.717, 1.165) is 37.8 Å². The number of nitrogens with zero attached hydrogens (tertiary/aromatic N) is 1. The Hall–Kier alpha value is -2.42. The van der Waals surface area contributed by atoms with Crippen LogP contribution in [0.1, 0.15) is 43.6 Å². The minimum Gasteiger partial charge on any atom is -0.508 e. The maximum atomic E-state index is 11.0. The summed E-state index contributed by atoms with van der Waals surface area (Å²) in [6.45, 7) is 0.835. The van der Waals surface area contributed by atoms with Gasteiger partial charge < -0.3 is 30.8 Å². The Kier molecular flexibility index (Phi) is 11.1. The van der Waals surface area contributed by atoms with Crippen LogP contribution in [0.25, 0.3) is 0 Å². The molecule has 1 aromatic carbocycles. The molecule has 0 saturated heterocycles. The number of aliphatic hydroxyl groups is 1. The summed E-state index contributed by atoms with van der Waals surface area (Å²) >= 11 is 0. The topological polar surface area (TPSA) is 150 Å². The van der Waals surface area contributed by atoms with E-state index in [2.05, 4.69) is 4.90 Å². The van der Waals surface area contributed by atoms with Crippen molar-refractivity contribution < 1.29 is 35.5 Å². The zero-order valence-electron chi connectivity index (χ0n) is 16.3. The molecular formula is C20H31NO7. The van der Waals surface area contributed by atoms with Crippen LogP contribution in [0.2, 0.25) is 0 Å². The van der Waals surface area contributed by atoms with Gasteiger partial charge in [-0.15, -0.1) is 0 Å². The van der Waals surface area contributed by atoms with Gasteiger partial charge in [0.2, 0.25) is 0 Å². The molecule has 0 radical (unpaired) electrons. The number of carboxylic acids is 2. The largest absolute Gasteiger partial charge is 0.508 e. The fraction of sp³-hybridized carbons (Fsp3) is 0.500. The lowest BCUT2D eigenvalue weighted by atomic mass is 9.72. The van der Waals surface area contributed by atoms with Crippen molar-refractivity contribution in [3.63, 3.8) is 0 Å². The zero-order chi connectivity index (χ0) is 20.4. The molecule has 8 nitrogen and oxygen atoms in total. The van der Waals surface area contributed by atoms with Gasteiger partial charge in [-0.25, -0.2) is 9.59 Å². The number of likely N-dealkylation sites (N-methyl/N-ethyl adjacent to an activating group) is 1. The van der Waals surface area contributed by atoms with Gasteiger partial charge in [0.15, 0.2) is 0 Å². The molecule has 8 heteroatoms. The summed E-state index contributed by atoms with van der Waals surface area (Å²) in [5.41, 5.74) is 0.523. The maximum absolute atomic E-state index is 11.0. The van der Waals surface area contributed by atoms with Crippen LogP contribution in [-0.2, 0) is 9.59 Å². The standard InChI is InChI=1S/C16H25NO2.C4H4O4.H2O/c1-17(2)12-15(13-6-8-14(18)9-7-13)16(19)10-4-3-5-11-16;5-3(6)1-2-4(7)8;/h6-9,15,18-19H,3-5,10-12H2,1-2H3;1-2H,(H,5,6)(H,7,8);1H2. The smallest absolute Gasteiger partial charge is 0.328 e. The Bertz CT molecular complexity index is 618. The van der Waals surface area contributed by atoms with E-state index in [9.17, 15) is 19.8 Å². The Morgan fingerprint density at radius 1 is 1.04 bits per heavy atom. The molecule has 0 bridgehead atoms. The van der Waals surface area contributed by atoms with Crippen molar-refractivity contribution in [3.8, 4) is 5.75 Å². The van der Waals surface area contributed by atoms with E-state index in [1.54, 1.807) is 12.1 Å². The molecule has 1 aliphatic rings. The first kappa shape index (κ1) is 25.6. The lowest BCUT2D eigenvalue weighted by Gasteiger charge is -2.40. The summed E-state index contributed by atoms with van der Waals surface area (Å²) in [6.07, 6.45) is 6.33. The Labute approximate surface area is 165 Å². The lowest BCUT2D eigenvalue weighted by Crippen LogP contribution is -2.42. The van der Waals surface area contributed by atoms with Gasteiger partial charge in [0.25, 0.3) is 0 Å². The second-order valence-electron chi connectivity index (χ2n) is 7.08. The van der Waals surface area contributed by atoms with Crippen LogP contribution in [-0.4, -0.2) is 69.0 Å².